The van der Waals surface area contributed by atoms with Crippen LogP contribution in [0.4, 0.5) is 20.2 Å². The van der Waals surface area contributed by atoms with Gasteiger partial charge in [-0.25, -0.2) is 13.8 Å². The Kier molecular flexibility index (Phi) is 6.38. The summed E-state index contributed by atoms with van der Waals surface area (Å²) < 4.78 is 29.7. The van der Waals surface area contributed by atoms with Gasteiger partial charge in [0.2, 0.25) is 0 Å². The molecule has 4 heterocycles. The SMILES string of the molecule is C=C(Nc1cncc(-c2ncc(N)c(C(=N)c3nc4c(-c5cccc(F)c5)cncc4[nH]3)c2F)c1)C(C)C. The zero-order valence-corrected chi connectivity index (χ0v) is 20.7. The predicted molar refractivity (Wildman–Crippen MR) is 145 cm³/mol. The van der Waals surface area contributed by atoms with Crippen molar-refractivity contribution in [3.05, 3.63) is 96.6 Å². The van der Waals surface area contributed by atoms with Crippen LogP contribution in [0.3, 0.4) is 0 Å². The molecule has 0 bridgehead atoms. The summed E-state index contributed by atoms with van der Waals surface area (Å²) in [7, 11) is 0. The molecule has 5 aromatic rings. The van der Waals surface area contributed by atoms with Crippen LogP contribution in [0.1, 0.15) is 25.2 Å². The number of H-pyrrole nitrogens is 1. The molecule has 0 fully saturated rings. The van der Waals surface area contributed by atoms with Gasteiger partial charge >= 0.3 is 0 Å². The van der Waals surface area contributed by atoms with E-state index in [1.165, 1.54) is 30.7 Å². The van der Waals surface area contributed by atoms with Crippen LogP contribution in [-0.4, -0.2) is 30.6 Å². The van der Waals surface area contributed by atoms with E-state index in [0.717, 1.165) is 5.70 Å². The fraction of sp³-hybridized carbons (Fsp3) is 0.107. The van der Waals surface area contributed by atoms with Gasteiger partial charge < -0.3 is 16.0 Å². The van der Waals surface area contributed by atoms with Gasteiger partial charge in [0, 0.05) is 29.2 Å². The van der Waals surface area contributed by atoms with Crippen molar-refractivity contribution in [1.82, 2.24) is 24.9 Å². The van der Waals surface area contributed by atoms with Gasteiger partial charge in [0.15, 0.2) is 11.6 Å². The van der Waals surface area contributed by atoms with Crippen LogP contribution in [0.15, 0.2) is 73.6 Å². The molecule has 10 heteroatoms. The summed E-state index contributed by atoms with van der Waals surface area (Å²) in [6.07, 6.45) is 7.49. The fourth-order valence-electron chi connectivity index (χ4n) is 3.96. The number of allylic oxidation sites excluding steroid dienone is 1. The fourth-order valence-corrected chi connectivity index (χ4v) is 3.96. The quantitative estimate of drug-likeness (QED) is 0.201. The molecule has 0 aliphatic rings. The molecule has 38 heavy (non-hydrogen) atoms. The molecule has 190 valence electrons. The number of aromatic nitrogens is 5. The van der Waals surface area contributed by atoms with Crippen molar-refractivity contribution in [3.63, 3.8) is 0 Å². The lowest BCUT2D eigenvalue weighted by atomic mass is 10.0. The Balaban J connectivity index is 1.55. The highest BCUT2D eigenvalue weighted by Crippen LogP contribution is 2.31. The lowest BCUT2D eigenvalue weighted by Crippen LogP contribution is -2.12. The van der Waals surface area contributed by atoms with Crippen molar-refractivity contribution >= 4 is 28.1 Å². The smallest absolute Gasteiger partial charge is 0.161 e. The van der Waals surface area contributed by atoms with E-state index in [4.69, 9.17) is 11.1 Å². The van der Waals surface area contributed by atoms with Crippen LogP contribution in [0.25, 0.3) is 33.4 Å². The molecule has 0 amide bonds. The molecular formula is C28H24F2N8. The first-order valence-electron chi connectivity index (χ1n) is 11.8. The van der Waals surface area contributed by atoms with Crippen molar-refractivity contribution in [2.75, 3.05) is 11.1 Å². The zero-order valence-electron chi connectivity index (χ0n) is 20.7. The maximum absolute atomic E-state index is 15.9. The van der Waals surface area contributed by atoms with E-state index in [1.54, 1.807) is 30.6 Å². The normalized spacial score (nSPS) is 11.2. The molecule has 0 spiro atoms. The van der Waals surface area contributed by atoms with Gasteiger partial charge in [0.25, 0.3) is 0 Å². The molecule has 0 unspecified atom stereocenters. The van der Waals surface area contributed by atoms with E-state index in [9.17, 15) is 4.39 Å². The number of aromatic amines is 1. The lowest BCUT2D eigenvalue weighted by molar-refractivity contribution is 0.623. The number of nitrogens with one attached hydrogen (secondary N) is 3. The average Bonchev–Trinajstić information content (AvgIpc) is 3.33. The predicted octanol–water partition coefficient (Wildman–Crippen LogP) is 5.94. The summed E-state index contributed by atoms with van der Waals surface area (Å²) in [6.45, 7) is 7.99. The number of hydrogen-bond donors (Lipinski definition) is 4. The molecular weight excluding hydrogens is 486 g/mol. The van der Waals surface area contributed by atoms with Gasteiger partial charge in [0.05, 0.1) is 46.6 Å². The molecule has 5 N–H and O–H groups in total. The molecule has 0 radical (unpaired) electrons. The Morgan fingerprint density at radius 3 is 2.61 bits per heavy atom. The Bertz CT molecular complexity index is 1710. The summed E-state index contributed by atoms with van der Waals surface area (Å²) in [5, 5.41) is 11.9. The molecule has 0 saturated carbocycles. The van der Waals surface area contributed by atoms with Crippen LogP contribution in [0.5, 0.6) is 0 Å². The Labute approximate surface area is 217 Å². The third-order valence-electron chi connectivity index (χ3n) is 6.08. The van der Waals surface area contributed by atoms with Gasteiger partial charge in [-0.3, -0.25) is 20.4 Å². The molecule has 0 aliphatic carbocycles. The second-order valence-corrected chi connectivity index (χ2v) is 9.07. The summed E-state index contributed by atoms with van der Waals surface area (Å²) in [4.78, 5) is 20.1. The van der Waals surface area contributed by atoms with Crippen LogP contribution >= 0.6 is 0 Å². The number of halogens is 2. The minimum atomic E-state index is -0.777. The Hall–Kier alpha value is -4.99. The number of imidazole rings is 1. The average molecular weight is 511 g/mol. The molecule has 5 rings (SSSR count). The number of anilines is 2. The van der Waals surface area contributed by atoms with Crippen LogP contribution in [-0.2, 0) is 0 Å². The number of nitrogen functional groups attached to an aromatic ring is 1. The van der Waals surface area contributed by atoms with E-state index >= 15 is 4.39 Å². The van der Waals surface area contributed by atoms with E-state index in [-0.39, 0.29) is 34.4 Å². The van der Waals surface area contributed by atoms with Gasteiger partial charge in [-0.1, -0.05) is 32.6 Å². The van der Waals surface area contributed by atoms with Crippen LogP contribution < -0.4 is 11.1 Å². The Morgan fingerprint density at radius 1 is 1.05 bits per heavy atom. The number of rotatable bonds is 7. The summed E-state index contributed by atoms with van der Waals surface area (Å²) in [5.41, 5.74) is 9.58. The molecule has 0 aliphatic heterocycles. The van der Waals surface area contributed by atoms with E-state index in [0.29, 0.717) is 33.4 Å². The third-order valence-corrected chi connectivity index (χ3v) is 6.08. The van der Waals surface area contributed by atoms with Crippen molar-refractivity contribution < 1.29 is 8.78 Å². The lowest BCUT2D eigenvalue weighted by Gasteiger charge is -2.14. The van der Waals surface area contributed by atoms with E-state index < -0.39 is 11.6 Å². The third kappa shape index (κ3) is 4.59. The topological polar surface area (TPSA) is 129 Å². The molecule has 0 atom stereocenters. The number of nitrogens with zero attached hydrogens (tertiary/aromatic N) is 4. The summed E-state index contributed by atoms with van der Waals surface area (Å²) >= 11 is 0. The van der Waals surface area contributed by atoms with Gasteiger partial charge in [-0.2, -0.15) is 0 Å². The minimum absolute atomic E-state index is 0.0107. The number of benzene rings is 1. The second kappa shape index (κ2) is 9.81. The summed E-state index contributed by atoms with van der Waals surface area (Å²) in [6, 6.07) is 7.74. The molecule has 1 aromatic carbocycles. The Morgan fingerprint density at radius 2 is 1.84 bits per heavy atom. The number of pyridine rings is 3. The van der Waals surface area contributed by atoms with Gasteiger partial charge in [-0.15, -0.1) is 0 Å². The van der Waals surface area contributed by atoms with Crippen LogP contribution in [0, 0.1) is 23.0 Å². The van der Waals surface area contributed by atoms with Crippen LogP contribution in [0.2, 0.25) is 0 Å². The number of hydrogen-bond acceptors (Lipinski definition) is 7. The zero-order chi connectivity index (χ0) is 27.0. The van der Waals surface area contributed by atoms with Gasteiger partial charge in [-0.05, 0) is 29.7 Å². The first kappa shape index (κ1) is 24.7. The molecule has 4 aromatic heterocycles. The van der Waals surface area contributed by atoms with E-state index in [2.05, 4.69) is 36.8 Å². The molecule has 8 nitrogen and oxygen atoms in total. The maximum atomic E-state index is 15.9. The first-order chi connectivity index (χ1) is 18.2. The monoisotopic (exact) mass is 510 g/mol. The summed E-state index contributed by atoms with van der Waals surface area (Å²) in [5.74, 6) is -0.905. The standard InChI is InChI=1S/C28H24F2N8/c1-14(2)15(3)36-19-8-17(9-33-10-19)26-24(30)23(21(31)12-35-26)25(32)28-37-22-13-34-11-20(27(22)38-28)16-5-4-6-18(29)7-16/h4-14,32,36H,3,31H2,1-2H3,(H,37,38). The van der Waals surface area contributed by atoms with E-state index in [1.807, 2.05) is 13.8 Å². The van der Waals surface area contributed by atoms with Gasteiger partial charge in [0.1, 0.15) is 17.2 Å². The van der Waals surface area contributed by atoms with Crippen molar-refractivity contribution in [1.29, 1.82) is 5.41 Å². The largest absolute Gasteiger partial charge is 0.397 e. The highest BCUT2D eigenvalue weighted by atomic mass is 19.1. The number of fused-ring (bicyclic) bond motifs is 1. The number of nitrogens with two attached hydrogens (primary N) is 1. The van der Waals surface area contributed by atoms with Crippen molar-refractivity contribution in [2.24, 2.45) is 5.92 Å². The highest BCUT2D eigenvalue weighted by Gasteiger charge is 2.23. The second-order valence-electron chi connectivity index (χ2n) is 9.07. The molecule has 0 saturated heterocycles. The van der Waals surface area contributed by atoms with Crippen molar-refractivity contribution in [3.8, 4) is 22.4 Å². The first-order valence-corrected chi connectivity index (χ1v) is 11.8. The maximum Gasteiger partial charge on any atom is 0.161 e. The highest BCUT2D eigenvalue weighted by molar-refractivity contribution is 6.13. The van der Waals surface area contributed by atoms with Crippen molar-refractivity contribution in [2.45, 2.75) is 13.8 Å². The minimum Gasteiger partial charge on any atom is -0.397 e.